The molecule has 1 N–H and O–H groups in total. The van der Waals surface area contributed by atoms with Gasteiger partial charge in [-0.1, -0.05) is 12.5 Å². The van der Waals surface area contributed by atoms with Crippen LogP contribution < -0.4 is 0 Å². The number of hydrogen-bond acceptors (Lipinski definition) is 5. The van der Waals surface area contributed by atoms with Crippen LogP contribution in [0.3, 0.4) is 0 Å². The highest BCUT2D eigenvalue weighted by Crippen LogP contribution is 2.30. The number of ether oxygens (including phenoxy) is 1. The van der Waals surface area contributed by atoms with Crippen LogP contribution in [0.2, 0.25) is 0 Å². The van der Waals surface area contributed by atoms with Gasteiger partial charge in [-0.15, -0.1) is 0 Å². The number of rotatable bonds is 5. The van der Waals surface area contributed by atoms with E-state index in [0.717, 1.165) is 37.2 Å². The number of likely N-dealkylation sites (tertiary alicyclic amines) is 1. The first-order valence-corrected chi connectivity index (χ1v) is 8.04. The van der Waals surface area contributed by atoms with Crippen LogP contribution in [-0.2, 0) is 17.9 Å². The summed E-state index contributed by atoms with van der Waals surface area (Å²) in [6.07, 6.45) is 3.20. The molecule has 0 radical (unpaired) electrons. The van der Waals surface area contributed by atoms with Crippen molar-refractivity contribution in [2.45, 2.75) is 38.5 Å². The maximum Gasteiger partial charge on any atom is 0.167 e. The Morgan fingerprint density at radius 1 is 1.46 bits per heavy atom. The second-order valence-electron chi connectivity index (χ2n) is 5.98. The van der Waals surface area contributed by atoms with Gasteiger partial charge in [0.05, 0.1) is 11.6 Å². The Hall–Kier alpha value is -2.30. The summed E-state index contributed by atoms with van der Waals surface area (Å²) in [7, 11) is 1.62. The van der Waals surface area contributed by atoms with E-state index in [1.807, 2.05) is 12.1 Å². The standard InChI is InChI=1S/C17H20FN5O/c1-24-11-16-20-17(22-21-16)15-4-2-3-7-23(15)10-12-5-6-13(9-19)14(18)8-12/h5-6,8,15H,2-4,7,10-11H2,1H3,(H,20,21,22)/t15-/m0/s1. The first-order chi connectivity index (χ1) is 11.7. The molecule has 7 heteroatoms. The van der Waals surface area contributed by atoms with Crippen LogP contribution in [0, 0.1) is 17.1 Å². The van der Waals surface area contributed by atoms with Gasteiger partial charge in [-0.05, 0) is 37.1 Å². The summed E-state index contributed by atoms with van der Waals surface area (Å²) < 4.78 is 18.9. The Labute approximate surface area is 140 Å². The maximum absolute atomic E-state index is 13.8. The molecule has 3 rings (SSSR count). The van der Waals surface area contributed by atoms with E-state index in [4.69, 9.17) is 10.00 Å². The lowest BCUT2D eigenvalue weighted by atomic mass is 10.0. The number of halogens is 1. The van der Waals surface area contributed by atoms with Crippen molar-refractivity contribution in [1.29, 1.82) is 5.26 Å². The van der Waals surface area contributed by atoms with Gasteiger partial charge in [0.25, 0.3) is 0 Å². The Morgan fingerprint density at radius 3 is 3.08 bits per heavy atom. The van der Waals surface area contributed by atoms with Gasteiger partial charge in [-0.3, -0.25) is 10.00 Å². The lowest BCUT2D eigenvalue weighted by Crippen LogP contribution is -2.33. The molecule has 0 saturated carbocycles. The number of piperidine rings is 1. The van der Waals surface area contributed by atoms with Crippen LogP contribution in [0.1, 0.15) is 48.1 Å². The van der Waals surface area contributed by atoms with Gasteiger partial charge in [-0.2, -0.15) is 10.4 Å². The van der Waals surface area contributed by atoms with Crippen molar-refractivity contribution in [2.24, 2.45) is 0 Å². The van der Waals surface area contributed by atoms with Gasteiger partial charge in [0.1, 0.15) is 18.5 Å². The van der Waals surface area contributed by atoms with Gasteiger partial charge in [-0.25, -0.2) is 9.37 Å². The number of nitrogens with one attached hydrogen (secondary N) is 1. The molecule has 0 spiro atoms. The van der Waals surface area contributed by atoms with Crippen LogP contribution in [0.5, 0.6) is 0 Å². The van der Waals surface area contributed by atoms with Crippen LogP contribution in [0.4, 0.5) is 4.39 Å². The SMILES string of the molecule is COCc1nc([C@@H]2CCCCN2Cc2ccc(C#N)c(F)c2)n[nH]1. The molecule has 0 unspecified atom stereocenters. The topological polar surface area (TPSA) is 77.8 Å². The molecule has 0 bridgehead atoms. The molecule has 1 fully saturated rings. The van der Waals surface area contributed by atoms with Crippen molar-refractivity contribution < 1.29 is 9.13 Å². The summed E-state index contributed by atoms with van der Waals surface area (Å²) in [6, 6.07) is 6.75. The van der Waals surface area contributed by atoms with E-state index in [2.05, 4.69) is 20.1 Å². The third-order valence-corrected chi connectivity index (χ3v) is 4.28. The quantitative estimate of drug-likeness (QED) is 0.912. The Balaban J connectivity index is 1.77. The maximum atomic E-state index is 13.8. The highest BCUT2D eigenvalue weighted by atomic mass is 19.1. The van der Waals surface area contributed by atoms with E-state index in [1.54, 1.807) is 7.11 Å². The number of hydrogen-bond donors (Lipinski definition) is 1. The summed E-state index contributed by atoms with van der Waals surface area (Å²) in [4.78, 5) is 6.78. The van der Waals surface area contributed by atoms with Crippen molar-refractivity contribution >= 4 is 0 Å². The minimum absolute atomic E-state index is 0.0760. The molecule has 1 aromatic heterocycles. The van der Waals surface area contributed by atoms with Crippen LogP contribution in [0.25, 0.3) is 0 Å². The van der Waals surface area contributed by atoms with Crippen molar-refractivity contribution in [1.82, 2.24) is 20.1 Å². The Kier molecular flexibility index (Phi) is 5.18. The first kappa shape index (κ1) is 16.6. The number of H-pyrrole nitrogens is 1. The lowest BCUT2D eigenvalue weighted by molar-refractivity contribution is 0.133. The van der Waals surface area contributed by atoms with Crippen LogP contribution >= 0.6 is 0 Å². The summed E-state index contributed by atoms with van der Waals surface area (Å²) >= 11 is 0. The Morgan fingerprint density at radius 2 is 2.33 bits per heavy atom. The molecule has 1 aliphatic heterocycles. The number of nitrogens with zero attached hydrogens (tertiary/aromatic N) is 4. The first-order valence-electron chi connectivity index (χ1n) is 8.04. The predicted octanol–water partition coefficient (Wildman–Crippen LogP) is 2.69. The molecule has 6 nitrogen and oxygen atoms in total. The van der Waals surface area contributed by atoms with E-state index >= 15 is 0 Å². The van der Waals surface area contributed by atoms with E-state index in [-0.39, 0.29) is 11.6 Å². The molecular formula is C17H20FN5O. The third-order valence-electron chi connectivity index (χ3n) is 4.28. The zero-order valence-electron chi connectivity index (χ0n) is 13.6. The molecule has 126 valence electrons. The van der Waals surface area contributed by atoms with Crippen LogP contribution in [-0.4, -0.2) is 33.7 Å². The van der Waals surface area contributed by atoms with Gasteiger partial charge >= 0.3 is 0 Å². The number of benzene rings is 1. The summed E-state index contributed by atoms with van der Waals surface area (Å²) in [5, 5.41) is 16.1. The van der Waals surface area contributed by atoms with E-state index in [9.17, 15) is 4.39 Å². The van der Waals surface area contributed by atoms with Gasteiger partial charge in [0.15, 0.2) is 11.6 Å². The van der Waals surface area contributed by atoms with Gasteiger partial charge in [0, 0.05) is 13.7 Å². The molecule has 1 aromatic carbocycles. The zero-order chi connectivity index (χ0) is 16.9. The molecule has 2 aromatic rings. The second-order valence-corrected chi connectivity index (χ2v) is 5.98. The number of nitriles is 1. The molecular weight excluding hydrogens is 309 g/mol. The predicted molar refractivity (Wildman–Crippen MR) is 85.2 cm³/mol. The fraction of sp³-hybridized carbons (Fsp3) is 0.471. The van der Waals surface area contributed by atoms with Crippen molar-refractivity contribution in [2.75, 3.05) is 13.7 Å². The molecule has 0 aliphatic carbocycles. The minimum Gasteiger partial charge on any atom is -0.377 e. The van der Waals surface area contributed by atoms with E-state index < -0.39 is 5.82 Å². The molecule has 1 saturated heterocycles. The summed E-state index contributed by atoms with van der Waals surface area (Å²) in [6.45, 7) is 1.93. The highest BCUT2D eigenvalue weighted by Gasteiger charge is 2.27. The average Bonchev–Trinajstić information content (AvgIpc) is 3.04. The number of methoxy groups -OCH3 is 1. The number of aromatic nitrogens is 3. The Bertz CT molecular complexity index is 739. The van der Waals surface area contributed by atoms with Crippen LogP contribution in [0.15, 0.2) is 18.2 Å². The largest absolute Gasteiger partial charge is 0.377 e. The molecule has 24 heavy (non-hydrogen) atoms. The number of aromatic amines is 1. The molecule has 1 aliphatic rings. The zero-order valence-corrected chi connectivity index (χ0v) is 13.6. The van der Waals surface area contributed by atoms with E-state index in [0.29, 0.717) is 19.0 Å². The van der Waals surface area contributed by atoms with Crippen molar-refractivity contribution in [3.63, 3.8) is 0 Å². The molecule has 1 atom stereocenters. The highest BCUT2D eigenvalue weighted by molar-refractivity contribution is 5.33. The molecule has 0 amide bonds. The normalized spacial score (nSPS) is 18.5. The van der Waals surface area contributed by atoms with Crippen molar-refractivity contribution in [3.05, 3.63) is 46.8 Å². The fourth-order valence-corrected chi connectivity index (χ4v) is 3.12. The fourth-order valence-electron chi connectivity index (χ4n) is 3.12. The average molecular weight is 329 g/mol. The van der Waals surface area contributed by atoms with Gasteiger partial charge < -0.3 is 4.74 Å². The summed E-state index contributed by atoms with van der Waals surface area (Å²) in [5.41, 5.74) is 0.929. The summed E-state index contributed by atoms with van der Waals surface area (Å²) in [5.74, 6) is 1.00. The minimum atomic E-state index is -0.469. The van der Waals surface area contributed by atoms with Crippen molar-refractivity contribution in [3.8, 4) is 6.07 Å². The second kappa shape index (κ2) is 7.51. The smallest absolute Gasteiger partial charge is 0.167 e. The third kappa shape index (κ3) is 3.61. The lowest BCUT2D eigenvalue weighted by Gasteiger charge is -2.34. The molecule has 2 heterocycles. The monoisotopic (exact) mass is 329 g/mol. The van der Waals surface area contributed by atoms with E-state index in [1.165, 1.54) is 12.1 Å². The van der Waals surface area contributed by atoms with Gasteiger partial charge in [0.2, 0.25) is 0 Å².